The number of ether oxygens (including phenoxy) is 2. The van der Waals surface area contributed by atoms with Crippen LogP contribution in [0.3, 0.4) is 0 Å². The number of alkyl carbamates (subject to hydrolysis) is 1. The molecule has 0 spiro atoms. The first-order valence-corrected chi connectivity index (χ1v) is 11.2. The van der Waals surface area contributed by atoms with Gasteiger partial charge < -0.3 is 25.2 Å². The van der Waals surface area contributed by atoms with Crippen molar-refractivity contribution in [2.75, 3.05) is 25.1 Å². The molecule has 2 heterocycles. The molecule has 180 valence electrons. The third kappa shape index (κ3) is 4.01. The first kappa shape index (κ1) is 22.6. The van der Waals surface area contributed by atoms with Gasteiger partial charge in [-0.15, -0.1) is 0 Å². The Labute approximate surface area is 200 Å². The van der Waals surface area contributed by atoms with E-state index in [0.717, 1.165) is 26.9 Å². The van der Waals surface area contributed by atoms with E-state index in [1.54, 1.807) is 0 Å². The fourth-order valence-corrected chi connectivity index (χ4v) is 4.75. The lowest BCUT2D eigenvalue weighted by Crippen LogP contribution is -2.57. The van der Waals surface area contributed by atoms with Crippen molar-refractivity contribution in [3.63, 3.8) is 0 Å². The molecular weight excluding hydrogens is 452 g/mol. The lowest BCUT2D eigenvalue weighted by atomic mass is 9.97. The zero-order valence-electron chi connectivity index (χ0n) is 19.0. The minimum absolute atomic E-state index is 0.0330. The number of rotatable bonds is 6. The van der Waals surface area contributed by atoms with E-state index in [0.29, 0.717) is 0 Å². The predicted molar refractivity (Wildman–Crippen MR) is 125 cm³/mol. The standard InChI is InChI=1S/C25H24N4O6/c1-29-21(22(30)31)20(12-26-29)27-23(32)25(10-11-34-14-25)28-24(33)35-13-19-17-8-4-2-6-15(17)16-7-3-5-9-18(16)19/h2-9,12,19H,10-11,13-14H2,1H3,(H,27,32)(H,28,33)(H,30,31). The quantitative estimate of drug-likeness (QED) is 0.498. The molecule has 2 aromatic carbocycles. The van der Waals surface area contributed by atoms with Crippen LogP contribution >= 0.6 is 0 Å². The van der Waals surface area contributed by atoms with Crippen LogP contribution in [0.15, 0.2) is 54.7 Å². The predicted octanol–water partition coefficient (Wildman–Crippen LogP) is 2.75. The van der Waals surface area contributed by atoms with Gasteiger partial charge in [0, 0.05) is 26.0 Å². The molecule has 5 rings (SSSR count). The number of benzene rings is 2. The second-order valence-electron chi connectivity index (χ2n) is 8.62. The van der Waals surface area contributed by atoms with E-state index in [2.05, 4.69) is 15.7 Å². The summed E-state index contributed by atoms with van der Waals surface area (Å²) in [4.78, 5) is 37.5. The Bertz CT molecular complexity index is 1270. The first-order valence-electron chi connectivity index (χ1n) is 11.2. The zero-order valence-corrected chi connectivity index (χ0v) is 19.0. The van der Waals surface area contributed by atoms with Crippen molar-refractivity contribution in [1.29, 1.82) is 0 Å². The molecule has 10 nitrogen and oxygen atoms in total. The molecule has 3 aromatic rings. The molecule has 2 aliphatic rings. The van der Waals surface area contributed by atoms with Crippen molar-refractivity contribution in [2.45, 2.75) is 17.9 Å². The number of carbonyl (C=O) groups is 3. The van der Waals surface area contributed by atoms with Gasteiger partial charge in [0.05, 0.1) is 18.5 Å². The number of aryl methyl sites for hydroxylation is 1. The van der Waals surface area contributed by atoms with Crippen molar-refractivity contribution >= 4 is 23.7 Å². The molecule has 1 fully saturated rings. The van der Waals surface area contributed by atoms with Crippen LogP contribution in [-0.4, -0.2) is 58.2 Å². The molecule has 0 bridgehead atoms. The topological polar surface area (TPSA) is 132 Å². The third-order valence-electron chi connectivity index (χ3n) is 6.53. The SMILES string of the molecule is Cn1ncc(NC(=O)C2(NC(=O)OCC3c4ccccc4-c4ccccc43)CCOC2)c1C(=O)O. The molecule has 1 aliphatic carbocycles. The number of hydrogen-bond donors (Lipinski definition) is 3. The van der Waals surface area contributed by atoms with E-state index in [1.165, 1.54) is 13.2 Å². The van der Waals surface area contributed by atoms with Gasteiger partial charge in [-0.3, -0.25) is 9.48 Å². The van der Waals surface area contributed by atoms with E-state index in [-0.39, 0.29) is 43.5 Å². The lowest BCUT2D eigenvalue weighted by Gasteiger charge is -2.27. The number of nitrogens with zero attached hydrogens (tertiary/aromatic N) is 2. The summed E-state index contributed by atoms with van der Waals surface area (Å²) in [7, 11) is 1.46. The van der Waals surface area contributed by atoms with Crippen LogP contribution in [0.2, 0.25) is 0 Å². The molecule has 3 N–H and O–H groups in total. The molecule has 35 heavy (non-hydrogen) atoms. The maximum Gasteiger partial charge on any atom is 0.408 e. The number of carboxylic acids is 1. The number of amides is 2. The van der Waals surface area contributed by atoms with Crippen molar-refractivity contribution in [1.82, 2.24) is 15.1 Å². The summed E-state index contributed by atoms with van der Waals surface area (Å²) in [6.45, 7) is 0.297. The molecule has 1 unspecified atom stereocenters. The number of carbonyl (C=O) groups excluding carboxylic acids is 2. The Morgan fingerprint density at radius 1 is 1.14 bits per heavy atom. The average Bonchev–Trinajstić information content (AvgIpc) is 3.54. The summed E-state index contributed by atoms with van der Waals surface area (Å²) in [5, 5.41) is 18.5. The number of carboxylic acid groups (broad SMARTS) is 1. The molecule has 1 saturated heterocycles. The lowest BCUT2D eigenvalue weighted by molar-refractivity contribution is -0.122. The van der Waals surface area contributed by atoms with Gasteiger partial charge >= 0.3 is 12.1 Å². The molecular formula is C25H24N4O6. The second-order valence-corrected chi connectivity index (χ2v) is 8.62. The monoisotopic (exact) mass is 476 g/mol. The normalized spacial score (nSPS) is 18.5. The van der Waals surface area contributed by atoms with Gasteiger partial charge in [0.2, 0.25) is 0 Å². The number of fused-ring (bicyclic) bond motifs is 3. The van der Waals surface area contributed by atoms with Crippen LogP contribution in [0.25, 0.3) is 11.1 Å². The van der Waals surface area contributed by atoms with Crippen LogP contribution in [0.5, 0.6) is 0 Å². The number of hydrogen-bond acceptors (Lipinski definition) is 6. The van der Waals surface area contributed by atoms with E-state index in [1.807, 2.05) is 48.5 Å². The Hall–Kier alpha value is -4.18. The van der Waals surface area contributed by atoms with Gasteiger partial charge in [-0.2, -0.15) is 5.10 Å². The molecule has 1 aliphatic heterocycles. The second kappa shape index (κ2) is 8.88. The van der Waals surface area contributed by atoms with E-state index >= 15 is 0 Å². The Morgan fingerprint density at radius 3 is 2.40 bits per heavy atom. The Balaban J connectivity index is 1.30. The number of anilines is 1. The minimum atomic E-state index is -1.39. The number of aromatic carboxylic acids is 1. The van der Waals surface area contributed by atoms with Crippen molar-refractivity contribution in [3.05, 3.63) is 71.5 Å². The van der Waals surface area contributed by atoms with Crippen LogP contribution in [0, 0.1) is 0 Å². The molecule has 0 radical (unpaired) electrons. The highest BCUT2D eigenvalue weighted by atomic mass is 16.6. The van der Waals surface area contributed by atoms with E-state index in [4.69, 9.17) is 9.47 Å². The van der Waals surface area contributed by atoms with Crippen LogP contribution in [0.4, 0.5) is 10.5 Å². The highest BCUT2D eigenvalue weighted by Crippen LogP contribution is 2.44. The summed E-state index contributed by atoms with van der Waals surface area (Å²) in [5.74, 6) is -1.95. The molecule has 0 saturated carbocycles. The van der Waals surface area contributed by atoms with Gasteiger partial charge in [0.1, 0.15) is 12.1 Å². The number of nitrogens with one attached hydrogen (secondary N) is 2. The zero-order chi connectivity index (χ0) is 24.6. The van der Waals surface area contributed by atoms with E-state index < -0.39 is 23.5 Å². The van der Waals surface area contributed by atoms with Gasteiger partial charge in [0.15, 0.2) is 5.69 Å². The average molecular weight is 476 g/mol. The summed E-state index contributed by atoms with van der Waals surface area (Å²) in [6, 6.07) is 16.0. The van der Waals surface area contributed by atoms with Crippen LogP contribution in [0.1, 0.15) is 34.0 Å². The van der Waals surface area contributed by atoms with Gasteiger partial charge in [-0.25, -0.2) is 9.59 Å². The van der Waals surface area contributed by atoms with Gasteiger partial charge in [-0.05, 0) is 22.3 Å². The highest BCUT2D eigenvalue weighted by molar-refractivity contribution is 6.04. The number of aromatic nitrogens is 2. The van der Waals surface area contributed by atoms with Crippen LogP contribution in [-0.2, 0) is 21.3 Å². The van der Waals surface area contributed by atoms with Crippen molar-refractivity contribution in [3.8, 4) is 11.1 Å². The summed E-state index contributed by atoms with van der Waals surface area (Å²) in [5.41, 5.74) is 2.85. The summed E-state index contributed by atoms with van der Waals surface area (Å²) in [6.07, 6.45) is 0.710. The molecule has 1 aromatic heterocycles. The fraction of sp³-hybridized carbons (Fsp3) is 0.280. The van der Waals surface area contributed by atoms with Crippen molar-refractivity contribution < 1.29 is 29.0 Å². The Morgan fingerprint density at radius 2 is 1.80 bits per heavy atom. The fourth-order valence-electron chi connectivity index (χ4n) is 4.75. The van der Waals surface area contributed by atoms with E-state index in [9.17, 15) is 19.5 Å². The molecule has 2 amide bonds. The van der Waals surface area contributed by atoms with Crippen molar-refractivity contribution in [2.24, 2.45) is 7.05 Å². The molecule has 10 heteroatoms. The summed E-state index contributed by atoms with van der Waals surface area (Å²) >= 11 is 0. The third-order valence-corrected chi connectivity index (χ3v) is 6.53. The van der Waals surface area contributed by atoms with Crippen LogP contribution < -0.4 is 10.6 Å². The maximum absolute atomic E-state index is 13.2. The van der Waals surface area contributed by atoms with Gasteiger partial charge in [-0.1, -0.05) is 48.5 Å². The first-order chi connectivity index (χ1) is 16.9. The minimum Gasteiger partial charge on any atom is -0.476 e. The molecule has 1 atom stereocenters. The maximum atomic E-state index is 13.2. The Kier molecular flexibility index (Phi) is 5.73. The summed E-state index contributed by atoms with van der Waals surface area (Å²) < 4.78 is 12.2. The largest absolute Gasteiger partial charge is 0.476 e. The van der Waals surface area contributed by atoms with Gasteiger partial charge in [0.25, 0.3) is 5.91 Å². The highest BCUT2D eigenvalue weighted by Gasteiger charge is 2.45. The smallest absolute Gasteiger partial charge is 0.408 e.